The molecule has 2 aromatic carbocycles. The van der Waals surface area contributed by atoms with Gasteiger partial charge in [0.25, 0.3) is 0 Å². The number of nitrogens with zero attached hydrogens (tertiary/aromatic N) is 1. The van der Waals surface area contributed by atoms with Gasteiger partial charge in [-0.15, -0.1) is 0 Å². The fraction of sp³-hybridized carbons (Fsp3) is 0.261. The summed E-state index contributed by atoms with van der Waals surface area (Å²) in [7, 11) is 1.47. The van der Waals surface area contributed by atoms with Crippen LogP contribution >= 0.6 is 0 Å². The molecular weight excluding hydrogens is 382 g/mol. The van der Waals surface area contributed by atoms with Crippen molar-refractivity contribution in [2.45, 2.75) is 26.3 Å². The molecule has 7 heteroatoms. The van der Waals surface area contributed by atoms with E-state index in [-0.39, 0.29) is 24.8 Å². The van der Waals surface area contributed by atoms with Crippen LogP contribution in [0.4, 0.5) is 5.69 Å². The summed E-state index contributed by atoms with van der Waals surface area (Å²) >= 11 is 0. The number of carbonyl (C=O) groups is 2. The van der Waals surface area contributed by atoms with Gasteiger partial charge in [0.2, 0.25) is 11.8 Å². The Balaban J connectivity index is 1.46. The Morgan fingerprint density at radius 3 is 2.67 bits per heavy atom. The number of nitrogens with one attached hydrogen (secondary N) is 2. The van der Waals surface area contributed by atoms with Crippen LogP contribution in [-0.2, 0) is 27.3 Å². The molecule has 0 atom stereocenters. The molecule has 0 radical (unpaired) electrons. The van der Waals surface area contributed by atoms with Gasteiger partial charge in [0.1, 0.15) is 6.61 Å². The first-order valence-electron chi connectivity index (χ1n) is 9.69. The predicted molar refractivity (Wildman–Crippen MR) is 114 cm³/mol. The molecule has 0 fully saturated rings. The van der Waals surface area contributed by atoms with Crippen LogP contribution in [-0.4, -0.2) is 30.5 Å². The molecule has 0 saturated heterocycles. The Bertz CT molecular complexity index is 996. The normalized spacial score (nSPS) is 10.6. The van der Waals surface area contributed by atoms with Gasteiger partial charge < -0.3 is 19.8 Å². The van der Waals surface area contributed by atoms with Crippen molar-refractivity contribution in [1.29, 1.82) is 0 Å². The average Bonchev–Trinajstić information content (AvgIpc) is 3.21. The number of ether oxygens (including phenoxy) is 1. The van der Waals surface area contributed by atoms with E-state index in [0.29, 0.717) is 30.3 Å². The van der Waals surface area contributed by atoms with Gasteiger partial charge in [0, 0.05) is 37.7 Å². The van der Waals surface area contributed by atoms with Crippen molar-refractivity contribution in [3.05, 3.63) is 71.7 Å². The molecule has 7 nitrogen and oxygen atoms in total. The third-order valence-electron chi connectivity index (χ3n) is 4.43. The van der Waals surface area contributed by atoms with Crippen LogP contribution in [0.1, 0.15) is 23.4 Å². The summed E-state index contributed by atoms with van der Waals surface area (Å²) in [5, 5.41) is 5.61. The predicted octanol–water partition coefficient (Wildman–Crippen LogP) is 3.48. The second-order valence-electron chi connectivity index (χ2n) is 6.94. The topological polar surface area (TPSA) is 93.5 Å². The maximum atomic E-state index is 12.2. The Morgan fingerprint density at radius 2 is 1.90 bits per heavy atom. The van der Waals surface area contributed by atoms with E-state index in [9.17, 15) is 9.59 Å². The van der Waals surface area contributed by atoms with Crippen LogP contribution in [0.15, 0.2) is 59.1 Å². The first-order valence-corrected chi connectivity index (χ1v) is 9.69. The number of methoxy groups -OCH3 is 1. The van der Waals surface area contributed by atoms with Crippen molar-refractivity contribution >= 4 is 17.5 Å². The van der Waals surface area contributed by atoms with Gasteiger partial charge >= 0.3 is 0 Å². The molecule has 2 N–H and O–H groups in total. The summed E-state index contributed by atoms with van der Waals surface area (Å²) in [4.78, 5) is 28.0. The van der Waals surface area contributed by atoms with Crippen molar-refractivity contribution in [3.63, 3.8) is 0 Å². The Kier molecular flexibility index (Phi) is 7.34. The first kappa shape index (κ1) is 21.3. The SMILES string of the molecule is COCC(=O)Nc1cccc(CNC(=O)CCc2ncc(-c3ccc(C)cc3)o2)c1. The van der Waals surface area contributed by atoms with Crippen molar-refractivity contribution in [2.75, 3.05) is 19.0 Å². The molecule has 0 saturated carbocycles. The first-order chi connectivity index (χ1) is 14.5. The highest BCUT2D eigenvalue weighted by atomic mass is 16.5. The maximum Gasteiger partial charge on any atom is 0.250 e. The molecule has 0 bridgehead atoms. The van der Waals surface area contributed by atoms with Crippen LogP contribution in [0.25, 0.3) is 11.3 Å². The Hall–Kier alpha value is -3.45. The largest absolute Gasteiger partial charge is 0.441 e. The van der Waals surface area contributed by atoms with Crippen molar-refractivity contribution in [3.8, 4) is 11.3 Å². The number of carbonyl (C=O) groups excluding carboxylic acids is 2. The van der Waals surface area contributed by atoms with E-state index in [2.05, 4.69) is 15.6 Å². The van der Waals surface area contributed by atoms with Crippen LogP contribution < -0.4 is 10.6 Å². The van der Waals surface area contributed by atoms with Gasteiger partial charge in [-0.2, -0.15) is 0 Å². The number of hydrogen-bond acceptors (Lipinski definition) is 5. The zero-order valence-electron chi connectivity index (χ0n) is 17.1. The lowest BCUT2D eigenvalue weighted by Crippen LogP contribution is -2.23. The van der Waals surface area contributed by atoms with Crippen LogP contribution in [0, 0.1) is 6.92 Å². The summed E-state index contributed by atoms with van der Waals surface area (Å²) in [5.41, 5.74) is 3.68. The fourth-order valence-electron chi connectivity index (χ4n) is 2.87. The minimum Gasteiger partial charge on any atom is -0.441 e. The van der Waals surface area contributed by atoms with Gasteiger partial charge in [-0.1, -0.05) is 42.0 Å². The van der Waals surface area contributed by atoms with Crippen molar-refractivity contribution < 1.29 is 18.7 Å². The zero-order valence-corrected chi connectivity index (χ0v) is 17.1. The number of amides is 2. The molecular formula is C23H25N3O4. The number of oxazole rings is 1. The second-order valence-corrected chi connectivity index (χ2v) is 6.94. The van der Waals surface area contributed by atoms with Crippen LogP contribution in [0.3, 0.4) is 0 Å². The molecule has 3 aromatic rings. The highest BCUT2D eigenvalue weighted by Gasteiger charge is 2.09. The Morgan fingerprint density at radius 1 is 1.10 bits per heavy atom. The van der Waals surface area contributed by atoms with E-state index >= 15 is 0 Å². The molecule has 0 aliphatic carbocycles. The number of anilines is 1. The molecule has 0 unspecified atom stereocenters. The van der Waals surface area contributed by atoms with Gasteiger partial charge in [0.05, 0.1) is 6.20 Å². The van der Waals surface area contributed by atoms with Gasteiger partial charge in [-0.05, 0) is 24.6 Å². The number of hydrogen-bond donors (Lipinski definition) is 2. The van der Waals surface area contributed by atoms with Crippen LogP contribution in [0.2, 0.25) is 0 Å². The maximum absolute atomic E-state index is 12.2. The number of benzene rings is 2. The lowest BCUT2D eigenvalue weighted by atomic mass is 10.1. The lowest BCUT2D eigenvalue weighted by molar-refractivity contribution is -0.121. The Labute approximate surface area is 175 Å². The van der Waals surface area contributed by atoms with E-state index in [1.165, 1.54) is 12.7 Å². The third kappa shape index (κ3) is 6.28. The molecule has 1 aromatic heterocycles. The molecule has 2 amide bonds. The lowest BCUT2D eigenvalue weighted by Gasteiger charge is -2.08. The molecule has 156 valence electrons. The summed E-state index contributed by atoms with van der Waals surface area (Å²) in [6.45, 7) is 2.39. The minimum atomic E-state index is -0.227. The van der Waals surface area contributed by atoms with Crippen molar-refractivity contribution in [2.24, 2.45) is 0 Å². The molecule has 0 aliphatic rings. The summed E-state index contributed by atoms with van der Waals surface area (Å²) in [6, 6.07) is 15.3. The highest BCUT2D eigenvalue weighted by Crippen LogP contribution is 2.21. The van der Waals surface area contributed by atoms with Gasteiger partial charge in [-0.3, -0.25) is 9.59 Å². The quantitative estimate of drug-likeness (QED) is 0.566. The van der Waals surface area contributed by atoms with E-state index in [4.69, 9.17) is 9.15 Å². The van der Waals surface area contributed by atoms with E-state index in [0.717, 1.165) is 11.1 Å². The second kappa shape index (κ2) is 10.4. The van der Waals surface area contributed by atoms with Gasteiger partial charge in [-0.25, -0.2) is 4.98 Å². The fourth-order valence-corrected chi connectivity index (χ4v) is 2.87. The molecule has 1 heterocycles. The smallest absolute Gasteiger partial charge is 0.250 e. The molecule has 3 rings (SSSR count). The molecule has 0 spiro atoms. The standard InChI is InChI=1S/C23H25N3O4/c1-16-6-8-18(9-7-16)20-14-25-23(30-20)11-10-21(27)24-13-17-4-3-5-19(12-17)26-22(28)15-29-2/h3-9,12,14H,10-11,13,15H2,1-2H3,(H,24,27)(H,26,28). The van der Waals surface area contributed by atoms with E-state index < -0.39 is 0 Å². The van der Waals surface area contributed by atoms with Gasteiger partial charge in [0.15, 0.2) is 11.7 Å². The van der Waals surface area contributed by atoms with Crippen molar-refractivity contribution in [1.82, 2.24) is 10.3 Å². The zero-order chi connectivity index (χ0) is 21.3. The molecule has 30 heavy (non-hydrogen) atoms. The minimum absolute atomic E-state index is 0.00654. The van der Waals surface area contributed by atoms with E-state index in [1.807, 2.05) is 49.4 Å². The van der Waals surface area contributed by atoms with E-state index in [1.54, 1.807) is 12.3 Å². The monoisotopic (exact) mass is 407 g/mol. The summed E-state index contributed by atoms with van der Waals surface area (Å²) < 4.78 is 10.6. The number of rotatable bonds is 9. The average molecular weight is 407 g/mol. The number of aromatic nitrogens is 1. The highest BCUT2D eigenvalue weighted by molar-refractivity contribution is 5.91. The summed E-state index contributed by atoms with van der Waals surface area (Å²) in [6.07, 6.45) is 2.38. The third-order valence-corrected chi connectivity index (χ3v) is 4.43. The summed E-state index contributed by atoms with van der Waals surface area (Å²) in [5.74, 6) is 0.898. The number of aryl methyl sites for hydroxylation is 2. The van der Waals surface area contributed by atoms with Crippen LogP contribution in [0.5, 0.6) is 0 Å². The molecule has 0 aliphatic heterocycles.